The van der Waals surface area contributed by atoms with E-state index in [1.54, 1.807) is 12.4 Å². The normalized spacial score (nSPS) is 9.46. The molecular weight excluding hydrogens is 349 g/mol. The number of hydrogen-bond donors (Lipinski definition) is 2. The van der Waals surface area contributed by atoms with Crippen molar-refractivity contribution in [3.63, 3.8) is 0 Å². The van der Waals surface area contributed by atoms with Gasteiger partial charge in [-0.25, -0.2) is 0 Å². The number of carbonyl (C=O) groups is 1. The van der Waals surface area contributed by atoms with Crippen LogP contribution in [0.25, 0.3) is 0 Å². The van der Waals surface area contributed by atoms with Crippen LogP contribution in [0.5, 0.6) is 5.75 Å². The van der Waals surface area contributed by atoms with Crippen LogP contribution in [0.1, 0.15) is 27.0 Å². The number of aromatic nitrogens is 1. The van der Waals surface area contributed by atoms with Crippen LogP contribution in [0, 0.1) is 13.8 Å². The first-order valence-electron chi connectivity index (χ1n) is 7.23. The number of ether oxygens (including phenoxy) is 1. The van der Waals surface area contributed by atoms with Gasteiger partial charge in [0.1, 0.15) is 12.4 Å². The van der Waals surface area contributed by atoms with Crippen molar-refractivity contribution in [1.29, 1.82) is 0 Å². The smallest absolute Gasteiger partial charge is 0.251 e. The van der Waals surface area contributed by atoms with Crippen LogP contribution in [-0.2, 0) is 6.61 Å². The first-order valence-corrected chi connectivity index (χ1v) is 7.23. The minimum absolute atomic E-state index is 0. The Labute approximate surface area is 154 Å². The quantitative estimate of drug-likeness (QED) is 0.818. The lowest BCUT2D eigenvalue weighted by atomic mass is 10.0. The van der Waals surface area contributed by atoms with Crippen LogP contribution in [0.3, 0.4) is 0 Å². The van der Waals surface area contributed by atoms with Crippen LogP contribution in [0.4, 0.5) is 0 Å². The van der Waals surface area contributed by atoms with Gasteiger partial charge in [-0.05, 0) is 43.2 Å². The van der Waals surface area contributed by atoms with E-state index in [4.69, 9.17) is 10.5 Å². The van der Waals surface area contributed by atoms with E-state index in [1.807, 2.05) is 38.1 Å². The molecule has 0 aliphatic heterocycles. The lowest BCUT2D eigenvalue weighted by Gasteiger charge is -2.14. The summed E-state index contributed by atoms with van der Waals surface area (Å²) in [7, 11) is 0. The number of benzene rings is 1. The molecule has 0 unspecified atom stereocenters. The Hall–Kier alpha value is -1.82. The van der Waals surface area contributed by atoms with Gasteiger partial charge < -0.3 is 15.8 Å². The molecule has 0 radical (unpaired) electrons. The van der Waals surface area contributed by atoms with E-state index >= 15 is 0 Å². The number of aryl methyl sites for hydroxylation is 2. The zero-order valence-electron chi connectivity index (χ0n) is 13.7. The fraction of sp³-hybridized carbons (Fsp3) is 0.294. The monoisotopic (exact) mass is 371 g/mol. The van der Waals surface area contributed by atoms with Gasteiger partial charge in [0, 0.05) is 36.6 Å². The fourth-order valence-corrected chi connectivity index (χ4v) is 2.24. The average Bonchev–Trinajstić information content (AvgIpc) is 2.52. The number of hydrogen-bond acceptors (Lipinski definition) is 4. The molecule has 1 aromatic carbocycles. The number of amides is 1. The highest BCUT2D eigenvalue weighted by molar-refractivity contribution is 5.94. The Morgan fingerprint density at radius 2 is 1.92 bits per heavy atom. The molecule has 0 fully saturated rings. The molecule has 2 rings (SSSR count). The Morgan fingerprint density at radius 3 is 2.46 bits per heavy atom. The van der Waals surface area contributed by atoms with E-state index in [9.17, 15) is 4.79 Å². The predicted octanol–water partition coefficient (Wildman–Crippen LogP) is 2.81. The molecule has 7 heteroatoms. The Morgan fingerprint density at radius 1 is 1.25 bits per heavy atom. The molecule has 0 bridgehead atoms. The fourth-order valence-electron chi connectivity index (χ4n) is 2.24. The Kier molecular flexibility index (Phi) is 10.0. The molecule has 2 aromatic rings. The summed E-state index contributed by atoms with van der Waals surface area (Å²) < 4.78 is 5.88. The number of pyridine rings is 1. The van der Waals surface area contributed by atoms with Crippen molar-refractivity contribution in [2.45, 2.75) is 20.5 Å². The topological polar surface area (TPSA) is 77.2 Å². The highest BCUT2D eigenvalue weighted by Gasteiger charge is 2.11. The zero-order valence-corrected chi connectivity index (χ0v) is 15.4. The third kappa shape index (κ3) is 6.00. The molecule has 0 atom stereocenters. The van der Waals surface area contributed by atoms with Crippen LogP contribution >= 0.6 is 24.8 Å². The lowest BCUT2D eigenvalue weighted by molar-refractivity contribution is 0.0954. The standard InChI is InChI=1S/C17H21N3O2.2ClH/c1-12-8-15(17(21)20-7-5-18)9-13(2)16(12)22-11-14-4-3-6-19-10-14;;/h3-4,6,8-10H,5,7,11,18H2,1-2H3,(H,20,21);2*1H. The summed E-state index contributed by atoms with van der Waals surface area (Å²) in [5.74, 6) is 0.690. The number of nitrogens with two attached hydrogens (primary N) is 1. The Bertz CT molecular complexity index is 629. The van der Waals surface area contributed by atoms with E-state index in [-0.39, 0.29) is 30.7 Å². The number of nitrogens with one attached hydrogen (secondary N) is 1. The minimum atomic E-state index is -0.115. The summed E-state index contributed by atoms with van der Waals surface area (Å²) in [6, 6.07) is 7.50. The van der Waals surface area contributed by atoms with Gasteiger partial charge in [0.2, 0.25) is 0 Å². The third-order valence-corrected chi connectivity index (χ3v) is 3.26. The van der Waals surface area contributed by atoms with Crippen LogP contribution < -0.4 is 15.8 Å². The maximum Gasteiger partial charge on any atom is 0.251 e. The second-order valence-corrected chi connectivity index (χ2v) is 5.13. The lowest BCUT2D eigenvalue weighted by Crippen LogP contribution is -2.29. The first kappa shape index (κ1) is 22.2. The third-order valence-electron chi connectivity index (χ3n) is 3.26. The summed E-state index contributed by atoms with van der Waals surface area (Å²) in [5.41, 5.74) is 8.89. The molecule has 0 saturated carbocycles. The van der Waals surface area contributed by atoms with E-state index in [1.165, 1.54) is 0 Å². The number of nitrogens with zero attached hydrogens (tertiary/aromatic N) is 1. The average molecular weight is 372 g/mol. The molecular formula is C17H23Cl2N3O2. The molecule has 1 heterocycles. The van der Waals surface area contributed by atoms with Gasteiger partial charge in [-0.2, -0.15) is 0 Å². The van der Waals surface area contributed by atoms with E-state index in [2.05, 4.69) is 10.3 Å². The van der Waals surface area contributed by atoms with Gasteiger partial charge in [0.15, 0.2) is 0 Å². The van der Waals surface area contributed by atoms with Crippen LogP contribution in [0.15, 0.2) is 36.7 Å². The van der Waals surface area contributed by atoms with Gasteiger partial charge in [-0.3, -0.25) is 9.78 Å². The van der Waals surface area contributed by atoms with Crippen molar-refractivity contribution in [3.05, 3.63) is 58.9 Å². The molecule has 0 saturated heterocycles. The Balaban J connectivity index is 0.00000264. The molecule has 1 amide bonds. The SMILES string of the molecule is Cc1cc(C(=O)NCCN)cc(C)c1OCc1cccnc1.Cl.Cl. The van der Waals surface area contributed by atoms with Crippen molar-refractivity contribution in [2.75, 3.05) is 13.1 Å². The van der Waals surface area contributed by atoms with E-state index < -0.39 is 0 Å². The molecule has 0 spiro atoms. The number of carbonyl (C=O) groups excluding carboxylic acids is 1. The van der Waals surface area contributed by atoms with E-state index in [0.29, 0.717) is 25.3 Å². The molecule has 0 aliphatic rings. The maximum absolute atomic E-state index is 12.0. The minimum Gasteiger partial charge on any atom is -0.488 e. The summed E-state index contributed by atoms with van der Waals surface area (Å²) in [5, 5.41) is 2.77. The number of rotatable bonds is 6. The van der Waals surface area contributed by atoms with Crippen molar-refractivity contribution in [3.8, 4) is 5.75 Å². The van der Waals surface area contributed by atoms with Crippen molar-refractivity contribution in [2.24, 2.45) is 5.73 Å². The summed E-state index contributed by atoms with van der Waals surface area (Å²) >= 11 is 0. The van der Waals surface area contributed by atoms with Crippen LogP contribution in [-0.4, -0.2) is 24.0 Å². The zero-order chi connectivity index (χ0) is 15.9. The largest absolute Gasteiger partial charge is 0.488 e. The molecule has 1 aromatic heterocycles. The van der Waals surface area contributed by atoms with E-state index in [0.717, 1.165) is 22.4 Å². The maximum atomic E-state index is 12.0. The number of halogens is 2. The van der Waals surface area contributed by atoms with Crippen LogP contribution in [0.2, 0.25) is 0 Å². The summed E-state index contributed by atoms with van der Waals surface area (Å²) in [6.07, 6.45) is 3.51. The summed E-state index contributed by atoms with van der Waals surface area (Å²) in [6.45, 7) is 5.22. The molecule has 24 heavy (non-hydrogen) atoms. The van der Waals surface area contributed by atoms with Crippen molar-refractivity contribution < 1.29 is 9.53 Å². The molecule has 5 nitrogen and oxygen atoms in total. The van der Waals surface area contributed by atoms with Crippen molar-refractivity contribution >= 4 is 30.7 Å². The first-order chi connectivity index (χ1) is 10.6. The highest BCUT2D eigenvalue weighted by Crippen LogP contribution is 2.25. The van der Waals surface area contributed by atoms with Gasteiger partial charge in [-0.15, -0.1) is 24.8 Å². The van der Waals surface area contributed by atoms with Gasteiger partial charge in [-0.1, -0.05) is 6.07 Å². The second kappa shape index (κ2) is 10.9. The molecule has 3 N–H and O–H groups in total. The highest BCUT2D eigenvalue weighted by atomic mass is 35.5. The second-order valence-electron chi connectivity index (χ2n) is 5.13. The molecule has 0 aliphatic carbocycles. The van der Waals surface area contributed by atoms with Gasteiger partial charge in [0.25, 0.3) is 5.91 Å². The van der Waals surface area contributed by atoms with Crippen molar-refractivity contribution in [1.82, 2.24) is 10.3 Å². The predicted molar refractivity (Wildman–Crippen MR) is 100 cm³/mol. The van der Waals surface area contributed by atoms with Gasteiger partial charge >= 0.3 is 0 Å². The molecule has 132 valence electrons. The van der Waals surface area contributed by atoms with Gasteiger partial charge in [0.05, 0.1) is 0 Å². The summed E-state index contributed by atoms with van der Waals surface area (Å²) in [4.78, 5) is 16.0.